The monoisotopic (exact) mass is 264 g/mol. The Morgan fingerprint density at radius 1 is 1.53 bits per heavy atom. The fourth-order valence-corrected chi connectivity index (χ4v) is 2.40. The molecule has 0 aliphatic carbocycles. The molecule has 1 unspecified atom stereocenters. The van der Waals surface area contributed by atoms with Crippen LogP contribution in [0.1, 0.15) is 42.2 Å². The number of carboxylic acid groups (broad SMARTS) is 1. The first-order valence-electron chi connectivity index (χ1n) is 6.77. The summed E-state index contributed by atoms with van der Waals surface area (Å²) in [4.78, 5) is 17.6. The molecule has 0 saturated carbocycles. The number of nitrogens with zero attached hydrogens (tertiary/aromatic N) is 2. The second kappa shape index (κ2) is 6.02. The van der Waals surface area contributed by atoms with Crippen molar-refractivity contribution in [3.05, 3.63) is 23.4 Å². The zero-order valence-corrected chi connectivity index (χ0v) is 11.2. The van der Waals surface area contributed by atoms with Gasteiger partial charge in [0.25, 0.3) is 0 Å². The first-order valence-corrected chi connectivity index (χ1v) is 6.77. The van der Waals surface area contributed by atoms with Gasteiger partial charge in [-0.05, 0) is 31.4 Å². The van der Waals surface area contributed by atoms with Gasteiger partial charge in [-0.2, -0.15) is 0 Å². The topological polar surface area (TPSA) is 73.7 Å². The molecule has 0 radical (unpaired) electrons. The number of carboxylic acids is 1. The summed E-state index contributed by atoms with van der Waals surface area (Å²) in [6.07, 6.45) is 3.06. The van der Waals surface area contributed by atoms with E-state index in [9.17, 15) is 9.90 Å². The van der Waals surface area contributed by atoms with Gasteiger partial charge in [-0.3, -0.25) is 0 Å². The molecule has 5 nitrogen and oxygen atoms in total. The summed E-state index contributed by atoms with van der Waals surface area (Å²) in [5, 5.41) is 18.9. The van der Waals surface area contributed by atoms with Gasteiger partial charge in [-0.1, -0.05) is 13.3 Å². The molecule has 1 atom stereocenters. The van der Waals surface area contributed by atoms with Gasteiger partial charge in [-0.15, -0.1) is 0 Å². The van der Waals surface area contributed by atoms with Crippen molar-refractivity contribution in [2.75, 3.05) is 18.0 Å². The lowest BCUT2D eigenvalue weighted by molar-refractivity contribution is 0.0696. The quantitative estimate of drug-likeness (QED) is 0.865. The fraction of sp³-hybridized carbons (Fsp3) is 0.571. The van der Waals surface area contributed by atoms with E-state index in [-0.39, 0.29) is 11.7 Å². The first kappa shape index (κ1) is 13.8. The van der Waals surface area contributed by atoms with Crippen molar-refractivity contribution in [3.63, 3.8) is 0 Å². The molecule has 2 N–H and O–H groups in total. The van der Waals surface area contributed by atoms with Gasteiger partial charge in [0.05, 0.1) is 11.7 Å². The van der Waals surface area contributed by atoms with Gasteiger partial charge in [0.1, 0.15) is 5.82 Å². The van der Waals surface area contributed by atoms with Crippen LogP contribution in [0.2, 0.25) is 0 Å². The van der Waals surface area contributed by atoms with Crippen LogP contribution in [0.15, 0.2) is 12.1 Å². The van der Waals surface area contributed by atoms with Crippen molar-refractivity contribution in [1.29, 1.82) is 0 Å². The molecular formula is C14H20N2O3. The van der Waals surface area contributed by atoms with Gasteiger partial charge in [-0.25, -0.2) is 9.78 Å². The molecule has 1 aromatic rings. The number of carbonyl (C=O) groups is 1. The molecule has 1 aromatic heterocycles. The normalized spacial score (nSPS) is 19.5. The van der Waals surface area contributed by atoms with Crippen LogP contribution in [-0.2, 0) is 6.42 Å². The number of piperidine rings is 1. The predicted octanol–water partition coefficient (Wildman–Crippen LogP) is 1.69. The summed E-state index contributed by atoms with van der Waals surface area (Å²) in [6.45, 7) is 3.39. The summed E-state index contributed by atoms with van der Waals surface area (Å²) < 4.78 is 0. The van der Waals surface area contributed by atoms with E-state index in [1.165, 1.54) is 0 Å². The van der Waals surface area contributed by atoms with Gasteiger partial charge in [0, 0.05) is 18.8 Å². The summed E-state index contributed by atoms with van der Waals surface area (Å²) >= 11 is 0. The van der Waals surface area contributed by atoms with Crippen LogP contribution in [0, 0.1) is 0 Å². The first-order chi connectivity index (χ1) is 9.10. The Morgan fingerprint density at radius 2 is 2.32 bits per heavy atom. The molecule has 1 aliphatic heterocycles. The Bertz CT molecular complexity index is 462. The highest BCUT2D eigenvalue weighted by Crippen LogP contribution is 2.20. The number of aromatic carboxylic acids is 1. The number of rotatable bonds is 4. The minimum Gasteiger partial charge on any atom is -0.478 e. The Kier molecular flexibility index (Phi) is 4.37. The van der Waals surface area contributed by atoms with E-state index in [2.05, 4.69) is 4.98 Å². The molecule has 1 saturated heterocycles. The molecule has 1 aliphatic rings. The van der Waals surface area contributed by atoms with Gasteiger partial charge < -0.3 is 15.1 Å². The SMILES string of the molecule is CCCc1cc(C(=O)O)cc(N2CCCC(O)C2)n1. The number of pyridine rings is 1. The minimum atomic E-state index is -0.932. The van der Waals surface area contributed by atoms with Crippen LogP contribution in [0.3, 0.4) is 0 Å². The van der Waals surface area contributed by atoms with Gasteiger partial charge >= 0.3 is 5.97 Å². The zero-order valence-electron chi connectivity index (χ0n) is 11.2. The third-order valence-corrected chi connectivity index (χ3v) is 3.34. The number of aliphatic hydroxyl groups is 1. The van der Waals surface area contributed by atoms with Crippen LogP contribution < -0.4 is 4.90 Å². The highest BCUT2D eigenvalue weighted by Gasteiger charge is 2.20. The molecular weight excluding hydrogens is 244 g/mol. The number of hydrogen-bond donors (Lipinski definition) is 2. The maximum absolute atomic E-state index is 11.2. The van der Waals surface area contributed by atoms with Crippen molar-refractivity contribution in [2.45, 2.75) is 38.7 Å². The van der Waals surface area contributed by atoms with Crippen LogP contribution in [0.5, 0.6) is 0 Å². The van der Waals surface area contributed by atoms with Gasteiger partial charge in [0.15, 0.2) is 0 Å². The predicted molar refractivity (Wildman–Crippen MR) is 72.6 cm³/mol. The average Bonchev–Trinajstić information content (AvgIpc) is 2.38. The van der Waals surface area contributed by atoms with Gasteiger partial charge in [0.2, 0.25) is 0 Å². The van der Waals surface area contributed by atoms with Crippen molar-refractivity contribution >= 4 is 11.8 Å². The van der Waals surface area contributed by atoms with Crippen LogP contribution in [0.4, 0.5) is 5.82 Å². The molecule has 0 bridgehead atoms. The highest BCUT2D eigenvalue weighted by molar-refractivity contribution is 5.88. The summed E-state index contributed by atoms with van der Waals surface area (Å²) in [6, 6.07) is 3.23. The van der Waals surface area contributed by atoms with Crippen LogP contribution >= 0.6 is 0 Å². The molecule has 0 spiro atoms. The Hall–Kier alpha value is -1.62. The lowest BCUT2D eigenvalue weighted by atomic mass is 10.1. The molecule has 19 heavy (non-hydrogen) atoms. The number of anilines is 1. The smallest absolute Gasteiger partial charge is 0.335 e. The lowest BCUT2D eigenvalue weighted by Crippen LogP contribution is -2.38. The number of β-amino-alcohol motifs (C(OH)–C–C–N with tert-alkyl or cyclic N) is 1. The number of aromatic nitrogens is 1. The molecule has 0 amide bonds. The van der Waals surface area contributed by atoms with E-state index in [0.29, 0.717) is 12.4 Å². The second-order valence-corrected chi connectivity index (χ2v) is 5.00. The van der Waals surface area contributed by atoms with E-state index < -0.39 is 5.97 Å². The van der Waals surface area contributed by atoms with Crippen LogP contribution in [-0.4, -0.2) is 40.4 Å². The molecule has 0 aromatic carbocycles. The molecule has 2 rings (SSSR count). The summed E-state index contributed by atoms with van der Waals surface area (Å²) in [5.41, 5.74) is 1.07. The molecule has 104 valence electrons. The molecule has 5 heteroatoms. The number of hydrogen-bond acceptors (Lipinski definition) is 4. The lowest BCUT2D eigenvalue weighted by Gasteiger charge is -2.31. The van der Waals surface area contributed by atoms with Crippen molar-refractivity contribution < 1.29 is 15.0 Å². The Labute approximate surface area is 112 Å². The van der Waals surface area contributed by atoms with Crippen molar-refractivity contribution in [2.24, 2.45) is 0 Å². The maximum Gasteiger partial charge on any atom is 0.335 e. The fourth-order valence-electron chi connectivity index (χ4n) is 2.40. The molecule has 2 heterocycles. The van der Waals surface area contributed by atoms with Crippen molar-refractivity contribution in [3.8, 4) is 0 Å². The third-order valence-electron chi connectivity index (χ3n) is 3.34. The van der Waals surface area contributed by atoms with E-state index >= 15 is 0 Å². The standard InChI is InChI=1S/C14H20N2O3/c1-2-4-11-7-10(14(18)19)8-13(15-11)16-6-3-5-12(17)9-16/h7-8,12,17H,2-6,9H2,1H3,(H,18,19). The summed E-state index contributed by atoms with van der Waals surface area (Å²) in [5.74, 6) is -0.263. The van der Waals surface area contributed by atoms with E-state index in [4.69, 9.17) is 5.11 Å². The third kappa shape index (κ3) is 3.44. The van der Waals surface area contributed by atoms with E-state index in [1.807, 2.05) is 11.8 Å². The molecule has 1 fully saturated rings. The van der Waals surface area contributed by atoms with Crippen LogP contribution in [0.25, 0.3) is 0 Å². The zero-order chi connectivity index (χ0) is 13.8. The maximum atomic E-state index is 11.2. The Morgan fingerprint density at radius 3 is 2.95 bits per heavy atom. The minimum absolute atomic E-state index is 0.272. The second-order valence-electron chi connectivity index (χ2n) is 5.00. The average molecular weight is 264 g/mol. The largest absolute Gasteiger partial charge is 0.478 e. The number of aryl methyl sites for hydroxylation is 1. The van der Waals surface area contributed by atoms with E-state index in [0.717, 1.165) is 37.9 Å². The van der Waals surface area contributed by atoms with Crippen molar-refractivity contribution in [1.82, 2.24) is 4.98 Å². The highest BCUT2D eigenvalue weighted by atomic mass is 16.4. The van der Waals surface area contributed by atoms with E-state index in [1.54, 1.807) is 12.1 Å². The number of aliphatic hydroxyl groups excluding tert-OH is 1. The summed E-state index contributed by atoms with van der Waals surface area (Å²) in [7, 11) is 0. The Balaban J connectivity index is 2.29.